The molecular formula is C22H28N2O6. The minimum Gasteiger partial charge on any atom is -0.460 e. The number of aliphatic hydroxyl groups excluding tert-OH is 1. The zero-order valence-corrected chi connectivity index (χ0v) is 17.2. The van der Waals surface area contributed by atoms with Crippen LogP contribution in [0.4, 0.5) is 0 Å². The summed E-state index contributed by atoms with van der Waals surface area (Å²) in [5.41, 5.74) is 0.546. The van der Waals surface area contributed by atoms with Gasteiger partial charge in [0.2, 0.25) is 0 Å². The van der Waals surface area contributed by atoms with Gasteiger partial charge in [-0.05, 0) is 31.2 Å². The lowest BCUT2D eigenvalue weighted by Gasteiger charge is -2.20. The van der Waals surface area contributed by atoms with E-state index in [-0.39, 0.29) is 0 Å². The van der Waals surface area contributed by atoms with Crippen LogP contribution in [0.2, 0.25) is 0 Å². The fourth-order valence-corrected chi connectivity index (χ4v) is 3.80. The molecule has 1 aromatic heterocycles. The van der Waals surface area contributed by atoms with Crippen LogP contribution in [0.3, 0.4) is 0 Å². The maximum absolute atomic E-state index is 12.3. The molecule has 0 bridgehead atoms. The molecule has 8 nitrogen and oxygen atoms in total. The molecule has 2 heterocycles. The lowest BCUT2D eigenvalue weighted by molar-refractivity contribution is -0.149. The Bertz CT molecular complexity index is 968. The molecular weight excluding hydrogens is 388 g/mol. The summed E-state index contributed by atoms with van der Waals surface area (Å²) < 4.78 is 12.8. The van der Waals surface area contributed by atoms with Crippen LogP contribution in [-0.4, -0.2) is 38.9 Å². The van der Waals surface area contributed by atoms with Crippen molar-refractivity contribution in [2.24, 2.45) is 0 Å². The van der Waals surface area contributed by atoms with Crippen LogP contribution < -0.4 is 11.2 Å². The predicted molar refractivity (Wildman–Crippen MR) is 110 cm³/mol. The Morgan fingerprint density at radius 3 is 2.73 bits per heavy atom. The number of aromatic nitrogens is 2. The van der Waals surface area contributed by atoms with Gasteiger partial charge in [0.25, 0.3) is 5.56 Å². The molecule has 0 spiro atoms. The first-order valence-electron chi connectivity index (χ1n) is 10.3. The van der Waals surface area contributed by atoms with Gasteiger partial charge < -0.3 is 14.6 Å². The number of carbonyl (C=O) groups is 1. The molecule has 1 aliphatic rings. The Kier molecular flexibility index (Phi) is 7.23. The fraction of sp³-hybridized carbons (Fsp3) is 0.500. The SMILES string of the molecule is CCc1cn([C@H]2C[C@H](OC(C)=O)[C@@H](CCC(O)Cc3ccccc3)O2)c(=O)[nH]c1=O. The van der Waals surface area contributed by atoms with Crippen LogP contribution in [0.15, 0.2) is 46.1 Å². The highest BCUT2D eigenvalue weighted by molar-refractivity contribution is 5.66. The van der Waals surface area contributed by atoms with E-state index in [4.69, 9.17) is 9.47 Å². The Labute approximate surface area is 174 Å². The Morgan fingerprint density at radius 1 is 1.33 bits per heavy atom. The van der Waals surface area contributed by atoms with Gasteiger partial charge in [-0.3, -0.25) is 19.1 Å². The quantitative estimate of drug-likeness (QED) is 0.634. The van der Waals surface area contributed by atoms with E-state index in [1.807, 2.05) is 37.3 Å². The van der Waals surface area contributed by atoms with Crippen molar-refractivity contribution in [1.82, 2.24) is 9.55 Å². The third-order valence-corrected chi connectivity index (χ3v) is 5.33. The summed E-state index contributed by atoms with van der Waals surface area (Å²) in [4.78, 5) is 38.0. The van der Waals surface area contributed by atoms with Gasteiger partial charge in [0, 0.05) is 25.1 Å². The lowest BCUT2D eigenvalue weighted by atomic mass is 10.0. The summed E-state index contributed by atoms with van der Waals surface area (Å²) in [5, 5.41) is 10.4. The number of aromatic amines is 1. The van der Waals surface area contributed by atoms with E-state index in [1.165, 1.54) is 17.7 Å². The van der Waals surface area contributed by atoms with Gasteiger partial charge in [-0.1, -0.05) is 37.3 Å². The highest BCUT2D eigenvalue weighted by atomic mass is 16.6. The number of aryl methyl sites for hydroxylation is 1. The van der Waals surface area contributed by atoms with Crippen LogP contribution in [0.5, 0.6) is 0 Å². The van der Waals surface area contributed by atoms with Crippen LogP contribution in [0, 0.1) is 0 Å². The normalized spacial score (nSPS) is 22.0. The number of ether oxygens (including phenoxy) is 2. The first-order chi connectivity index (χ1) is 14.4. The van der Waals surface area contributed by atoms with Crippen LogP contribution >= 0.6 is 0 Å². The van der Waals surface area contributed by atoms with E-state index >= 15 is 0 Å². The van der Waals surface area contributed by atoms with Crippen molar-refractivity contribution in [3.8, 4) is 0 Å². The third-order valence-electron chi connectivity index (χ3n) is 5.33. The molecule has 3 rings (SSSR count). The van der Waals surface area contributed by atoms with Crippen LogP contribution in [0.25, 0.3) is 0 Å². The number of H-pyrrole nitrogens is 1. The van der Waals surface area contributed by atoms with Gasteiger partial charge in [0.15, 0.2) is 0 Å². The number of rotatable bonds is 8. The minimum absolute atomic E-state index is 0.300. The number of benzene rings is 1. The van der Waals surface area contributed by atoms with Gasteiger partial charge >= 0.3 is 11.7 Å². The van der Waals surface area contributed by atoms with Gasteiger partial charge in [-0.25, -0.2) is 4.79 Å². The van der Waals surface area contributed by atoms with Crippen LogP contribution in [0.1, 0.15) is 50.5 Å². The van der Waals surface area contributed by atoms with Crippen molar-refractivity contribution in [3.05, 3.63) is 68.5 Å². The van der Waals surface area contributed by atoms with Crippen LogP contribution in [-0.2, 0) is 27.1 Å². The van der Waals surface area contributed by atoms with E-state index in [1.54, 1.807) is 0 Å². The monoisotopic (exact) mass is 416 g/mol. The largest absolute Gasteiger partial charge is 0.460 e. The number of esters is 1. The van der Waals surface area contributed by atoms with Crippen molar-refractivity contribution >= 4 is 5.97 Å². The maximum atomic E-state index is 12.3. The summed E-state index contributed by atoms with van der Waals surface area (Å²) in [6.45, 7) is 3.16. The van der Waals surface area contributed by atoms with Gasteiger partial charge in [-0.15, -0.1) is 0 Å². The van der Waals surface area contributed by atoms with E-state index < -0.39 is 41.8 Å². The molecule has 4 atom stereocenters. The Morgan fingerprint density at radius 2 is 2.07 bits per heavy atom. The second kappa shape index (κ2) is 9.86. The van der Waals surface area contributed by atoms with Crippen molar-refractivity contribution in [2.75, 3.05) is 0 Å². The number of carbonyl (C=O) groups excluding carboxylic acids is 1. The standard InChI is InChI=1S/C22H28N2O6/c1-3-16-13-24(22(28)23-21(16)27)20-12-19(29-14(2)25)18(30-20)10-9-17(26)11-15-7-5-4-6-8-15/h4-8,13,17-20,26H,3,9-12H2,1-2H3,(H,23,27,28)/t17?,18-,19+,20-/m1/s1. The molecule has 1 aliphatic heterocycles. The average Bonchev–Trinajstić information content (AvgIpc) is 3.09. The molecule has 0 saturated carbocycles. The van der Waals surface area contributed by atoms with Crippen molar-refractivity contribution < 1.29 is 19.4 Å². The number of hydrogen-bond donors (Lipinski definition) is 2. The third kappa shape index (κ3) is 5.46. The minimum atomic E-state index is -0.653. The Hall–Kier alpha value is -2.71. The number of nitrogens with one attached hydrogen (secondary N) is 1. The van der Waals surface area contributed by atoms with Gasteiger partial charge in [0.1, 0.15) is 12.3 Å². The number of nitrogens with zero attached hydrogens (tertiary/aromatic N) is 1. The topological polar surface area (TPSA) is 111 Å². The second-order valence-corrected chi connectivity index (χ2v) is 7.61. The smallest absolute Gasteiger partial charge is 0.330 e. The zero-order chi connectivity index (χ0) is 21.7. The molecule has 1 aromatic carbocycles. The van der Waals surface area contributed by atoms with E-state index in [9.17, 15) is 19.5 Å². The molecule has 1 saturated heterocycles. The summed E-state index contributed by atoms with van der Waals surface area (Å²) >= 11 is 0. The fourth-order valence-electron chi connectivity index (χ4n) is 3.80. The molecule has 2 N–H and O–H groups in total. The molecule has 0 aliphatic carbocycles. The average molecular weight is 416 g/mol. The van der Waals surface area contributed by atoms with Gasteiger partial charge in [0.05, 0.1) is 12.2 Å². The highest BCUT2D eigenvalue weighted by Crippen LogP contribution is 2.33. The Balaban J connectivity index is 1.69. The molecule has 0 radical (unpaired) electrons. The molecule has 1 fully saturated rings. The molecule has 0 amide bonds. The second-order valence-electron chi connectivity index (χ2n) is 7.61. The lowest BCUT2D eigenvalue weighted by Crippen LogP contribution is -2.34. The van der Waals surface area contributed by atoms with Crippen molar-refractivity contribution in [2.45, 2.75) is 70.5 Å². The van der Waals surface area contributed by atoms with Gasteiger partial charge in [-0.2, -0.15) is 0 Å². The number of aliphatic hydroxyl groups is 1. The van der Waals surface area contributed by atoms with E-state index in [0.717, 1.165) is 5.56 Å². The molecule has 30 heavy (non-hydrogen) atoms. The zero-order valence-electron chi connectivity index (χ0n) is 17.2. The first kappa shape index (κ1) is 22.0. The summed E-state index contributed by atoms with van der Waals surface area (Å²) in [6.07, 6.45) is 1.55. The van der Waals surface area contributed by atoms with E-state index in [2.05, 4.69) is 4.98 Å². The maximum Gasteiger partial charge on any atom is 0.330 e. The molecule has 8 heteroatoms. The summed E-state index contributed by atoms with van der Waals surface area (Å²) in [6, 6.07) is 9.70. The molecule has 1 unspecified atom stereocenters. The predicted octanol–water partition coefficient (Wildman–Crippen LogP) is 1.70. The highest BCUT2D eigenvalue weighted by Gasteiger charge is 2.39. The number of hydrogen-bond acceptors (Lipinski definition) is 6. The van der Waals surface area contributed by atoms with E-state index in [0.29, 0.717) is 37.7 Å². The molecule has 162 valence electrons. The first-order valence-corrected chi connectivity index (χ1v) is 10.3. The summed E-state index contributed by atoms with van der Waals surface area (Å²) in [7, 11) is 0. The summed E-state index contributed by atoms with van der Waals surface area (Å²) in [5.74, 6) is -0.429. The molecule has 2 aromatic rings. The van der Waals surface area contributed by atoms with Crippen molar-refractivity contribution in [3.63, 3.8) is 0 Å². The van der Waals surface area contributed by atoms with Crippen molar-refractivity contribution in [1.29, 1.82) is 0 Å².